The Morgan fingerprint density at radius 1 is 0.516 bits per heavy atom. The summed E-state index contributed by atoms with van der Waals surface area (Å²) in [5.74, 6) is 2.36. The van der Waals surface area contributed by atoms with Crippen molar-refractivity contribution in [3.05, 3.63) is 219 Å². The van der Waals surface area contributed by atoms with Gasteiger partial charge >= 0.3 is 0 Å². The van der Waals surface area contributed by atoms with Crippen LogP contribution in [0.2, 0.25) is 0 Å². The first-order chi connectivity index (χ1) is 30.7. The Morgan fingerprint density at radius 3 is 1.95 bits per heavy atom. The molecule has 0 unspecified atom stereocenters. The van der Waals surface area contributed by atoms with Crippen molar-refractivity contribution in [1.82, 2.24) is 19.1 Å². The van der Waals surface area contributed by atoms with Crippen LogP contribution in [-0.2, 0) is 7.05 Å². The predicted octanol–water partition coefficient (Wildman–Crippen LogP) is 10.7. The van der Waals surface area contributed by atoms with Crippen molar-refractivity contribution >= 4 is 78.9 Å². The lowest BCUT2D eigenvalue weighted by atomic mass is 10.1. The number of ether oxygens (including phenoxy) is 1. The highest BCUT2D eigenvalue weighted by Crippen LogP contribution is 2.45. The normalized spacial score (nSPS) is 13.0. The van der Waals surface area contributed by atoms with Crippen LogP contribution < -0.4 is 30.4 Å². The van der Waals surface area contributed by atoms with Gasteiger partial charge in [-0.3, -0.25) is 4.57 Å². The maximum Gasteiger partial charge on any atom is 0.184 e. The molecule has 0 amide bonds. The summed E-state index contributed by atoms with van der Waals surface area (Å²) in [6.45, 7) is 0. The molecular formula is C55H39N5OSi. The molecule has 0 aliphatic carbocycles. The van der Waals surface area contributed by atoms with Gasteiger partial charge in [-0.25, -0.2) is 9.97 Å². The van der Waals surface area contributed by atoms with Crippen LogP contribution in [0.4, 0.5) is 17.1 Å². The Bertz CT molecular complexity index is 3430. The number of nitrogens with zero attached hydrogens (tertiary/aromatic N) is 5. The van der Waals surface area contributed by atoms with Gasteiger partial charge in [-0.1, -0.05) is 133 Å². The first-order valence-electron chi connectivity index (χ1n) is 21.0. The van der Waals surface area contributed by atoms with Crippen molar-refractivity contribution < 1.29 is 4.74 Å². The van der Waals surface area contributed by atoms with Gasteiger partial charge in [0.05, 0.1) is 27.9 Å². The van der Waals surface area contributed by atoms with E-state index in [0.29, 0.717) is 0 Å². The molecule has 4 heterocycles. The largest absolute Gasteiger partial charge is 0.457 e. The lowest BCUT2D eigenvalue weighted by Gasteiger charge is -2.45. The number of pyridine rings is 1. The van der Waals surface area contributed by atoms with E-state index in [0.717, 1.165) is 67.2 Å². The van der Waals surface area contributed by atoms with E-state index in [9.17, 15) is 0 Å². The van der Waals surface area contributed by atoms with E-state index in [1.807, 2.05) is 42.6 Å². The van der Waals surface area contributed by atoms with Crippen molar-refractivity contribution in [1.29, 1.82) is 0 Å². The van der Waals surface area contributed by atoms with Gasteiger partial charge in [0.15, 0.2) is 8.07 Å². The number of aromatic nitrogens is 4. The standard InChI is InChI=1S/C55H39N5OSi/c1-58-47-30-12-11-29-46(47)57-54(58)38-18-15-22-41(36-38)61-42-23-16-21-40(37-42)60-49-33-34-51-53(52(49)45-28-17-35-56-55(45)60)59(39-19-5-2-6-20-39)48-31-13-14-32-50(48)62(51,43-24-7-3-8-25-43)44-26-9-4-10-27-44/h2-37H,1H3. The number of fused-ring (bicyclic) bond motifs is 7. The minimum atomic E-state index is -2.92. The number of aryl methyl sites for hydroxylation is 1. The maximum absolute atomic E-state index is 6.67. The van der Waals surface area contributed by atoms with Crippen molar-refractivity contribution in [2.75, 3.05) is 4.90 Å². The molecule has 0 saturated carbocycles. The second kappa shape index (κ2) is 14.3. The smallest absolute Gasteiger partial charge is 0.184 e. The summed E-state index contributed by atoms with van der Waals surface area (Å²) in [5.41, 5.74) is 9.46. The third kappa shape index (κ3) is 5.42. The zero-order valence-electron chi connectivity index (χ0n) is 33.9. The highest BCUT2D eigenvalue weighted by Gasteiger charge is 2.49. The van der Waals surface area contributed by atoms with E-state index in [-0.39, 0.29) is 0 Å². The van der Waals surface area contributed by atoms with Crippen LogP contribution in [0.25, 0.3) is 50.0 Å². The zero-order valence-corrected chi connectivity index (χ0v) is 34.9. The Hall–Kier alpha value is -8.00. The third-order valence-corrected chi connectivity index (χ3v) is 17.3. The van der Waals surface area contributed by atoms with Gasteiger partial charge in [0.2, 0.25) is 0 Å². The van der Waals surface area contributed by atoms with Crippen LogP contribution in [0.1, 0.15) is 0 Å². The molecular weight excluding hydrogens is 775 g/mol. The van der Waals surface area contributed by atoms with Gasteiger partial charge in [0, 0.05) is 47.0 Å². The summed E-state index contributed by atoms with van der Waals surface area (Å²) in [7, 11) is -0.860. The lowest BCUT2D eigenvalue weighted by Crippen LogP contribution is -2.77. The van der Waals surface area contributed by atoms with Crippen molar-refractivity contribution in [2.24, 2.45) is 7.05 Å². The molecule has 1 aliphatic heterocycles. The fourth-order valence-corrected chi connectivity index (χ4v) is 15.0. The van der Waals surface area contributed by atoms with Gasteiger partial charge in [-0.05, 0) is 93.5 Å². The summed E-state index contributed by atoms with van der Waals surface area (Å²) >= 11 is 0. The first-order valence-corrected chi connectivity index (χ1v) is 23.0. The number of para-hydroxylation sites is 4. The molecule has 6 nitrogen and oxygen atoms in total. The minimum absolute atomic E-state index is 0.730. The van der Waals surface area contributed by atoms with E-state index < -0.39 is 8.07 Å². The zero-order chi connectivity index (χ0) is 41.2. The van der Waals surface area contributed by atoms with E-state index >= 15 is 0 Å². The summed E-state index contributed by atoms with van der Waals surface area (Å²) in [6.07, 6.45) is 1.90. The number of anilines is 3. The second-order valence-corrected chi connectivity index (χ2v) is 19.6. The van der Waals surface area contributed by atoms with Crippen LogP contribution in [-0.4, -0.2) is 27.2 Å². The van der Waals surface area contributed by atoms with E-state index in [1.165, 1.54) is 32.1 Å². The quantitative estimate of drug-likeness (QED) is 0.150. The average molecular weight is 814 g/mol. The number of imidazole rings is 1. The SMILES string of the molecule is Cn1c(-c2cccc(Oc3cccc(-n4c5ccc6c(c5c5cccnc54)N(c4ccccc4)c4ccccc4[Si]6(c4ccccc4)c4ccccc4)c3)c2)nc2ccccc21. The molecule has 0 spiro atoms. The van der Waals surface area contributed by atoms with Gasteiger partial charge in [-0.15, -0.1) is 0 Å². The molecule has 11 aromatic rings. The van der Waals surface area contributed by atoms with Gasteiger partial charge in [0.25, 0.3) is 0 Å². The molecule has 8 aromatic carbocycles. The molecule has 7 heteroatoms. The van der Waals surface area contributed by atoms with Crippen LogP contribution in [0.5, 0.6) is 11.5 Å². The fraction of sp³-hybridized carbons (Fsp3) is 0.0182. The Kier molecular flexibility index (Phi) is 8.30. The highest BCUT2D eigenvalue weighted by molar-refractivity contribution is 7.21. The molecule has 0 atom stereocenters. The van der Waals surface area contributed by atoms with Gasteiger partial charge < -0.3 is 14.2 Å². The summed E-state index contributed by atoms with van der Waals surface area (Å²) in [4.78, 5) is 12.6. The summed E-state index contributed by atoms with van der Waals surface area (Å²) in [6, 6.07) is 76.0. The van der Waals surface area contributed by atoms with Crippen LogP contribution >= 0.6 is 0 Å². The molecule has 3 aromatic heterocycles. The molecule has 0 radical (unpaired) electrons. The Morgan fingerprint density at radius 2 is 1.18 bits per heavy atom. The highest BCUT2D eigenvalue weighted by atomic mass is 28.3. The Balaban J connectivity index is 1.08. The summed E-state index contributed by atoms with van der Waals surface area (Å²) in [5, 5.41) is 7.64. The predicted molar refractivity (Wildman–Crippen MR) is 257 cm³/mol. The first kappa shape index (κ1) is 35.9. The number of hydrogen-bond donors (Lipinski definition) is 0. The fourth-order valence-electron chi connectivity index (χ4n) is 9.90. The van der Waals surface area contributed by atoms with Crippen LogP contribution in [0.3, 0.4) is 0 Å². The topological polar surface area (TPSA) is 48.1 Å². The molecule has 12 rings (SSSR count). The number of hydrogen-bond acceptors (Lipinski definition) is 4. The molecule has 294 valence electrons. The number of benzene rings is 8. The van der Waals surface area contributed by atoms with Crippen molar-refractivity contribution in [3.63, 3.8) is 0 Å². The Labute approximate surface area is 360 Å². The molecule has 0 N–H and O–H groups in total. The van der Waals surface area contributed by atoms with Crippen molar-refractivity contribution in [3.8, 4) is 28.6 Å². The van der Waals surface area contributed by atoms with Gasteiger partial charge in [0.1, 0.15) is 23.0 Å². The van der Waals surface area contributed by atoms with E-state index in [2.05, 4.69) is 197 Å². The molecule has 0 fully saturated rings. The molecule has 1 aliphatic rings. The van der Waals surface area contributed by atoms with E-state index in [1.54, 1.807) is 0 Å². The molecule has 0 saturated heterocycles. The van der Waals surface area contributed by atoms with Crippen LogP contribution in [0.15, 0.2) is 219 Å². The van der Waals surface area contributed by atoms with Crippen molar-refractivity contribution in [2.45, 2.75) is 0 Å². The average Bonchev–Trinajstić information content (AvgIpc) is 3.86. The molecule has 0 bridgehead atoms. The third-order valence-electron chi connectivity index (χ3n) is 12.5. The lowest BCUT2D eigenvalue weighted by molar-refractivity contribution is 0.482. The number of rotatable bonds is 7. The second-order valence-electron chi connectivity index (χ2n) is 15.8. The monoisotopic (exact) mass is 813 g/mol. The van der Waals surface area contributed by atoms with Gasteiger partial charge in [-0.2, -0.15) is 0 Å². The summed E-state index contributed by atoms with van der Waals surface area (Å²) < 4.78 is 11.1. The minimum Gasteiger partial charge on any atom is -0.457 e. The van der Waals surface area contributed by atoms with E-state index in [4.69, 9.17) is 14.7 Å². The maximum atomic E-state index is 6.67. The molecule has 62 heavy (non-hydrogen) atoms. The van der Waals surface area contributed by atoms with Crippen LogP contribution in [0, 0.1) is 0 Å².